The molecule has 22 heavy (non-hydrogen) atoms. The normalized spacial score (nSPS) is 12.1. The van der Waals surface area contributed by atoms with Gasteiger partial charge in [0.15, 0.2) is 0 Å². The fourth-order valence-electron chi connectivity index (χ4n) is 1.99. The van der Waals surface area contributed by atoms with Gasteiger partial charge in [0, 0.05) is 23.4 Å². The lowest BCUT2D eigenvalue weighted by molar-refractivity contribution is -0.137. The topological polar surface area (TPSA) is 92.4 Å². The summed E-state index contributed by atoms with van der Waals surface area (Å²) in [7, 11) is 0. The Kier molecular flexibility index (Phi) is 5.32. The molecule has 2 rings (SSSR count). The first-order valence-corrected chi connectivity index (χ1v) is 7.90. The molecule has 2 aromatic heterocycles. The minimum Gasteiger partial charge on any atom is -0.481 e. The summed E-state index contributed by atoms with van der Waals surface area (Å²) in [5, 5.41) is 15.3. The molecule has 0 aliphatic rings. The number of thiophene rings is 1. The molecule has 0 saturated heterocycles. The maximum Gasteiger partial charge on any atom is 0.303 e. The standard InChI is InChI=1S/C15H18N2O4S/c1-9(3-4-14(19)20)16-13(18)7-12-10(2)21-15(17-12)11-5-6-22-8-11/h5-6,8-9H,3-4,7H2,1-2H3,(H,16,18)(H,19,20). The molecule has 0 spiro atoms. The Morgan fingerprint density at radius 3 is 2.91 bits per heavy atom. The van der Waals surface area contributed by atoms with Gasteiger partial charge in [-0.1, -0.05) is 0 Å². The van der Waals surface area contributed by atoms with Gasteiger partial charge in [-0.15, -0.1) is 0 Å². The maximum atomic E-state index is 12.0. The number of carbonyl (C=O) groups is 2. The van der Waals surface area contributed by atoms with Crippen molar-refractivity contribution in [3.8, 4) is 11.5 Å². The van der Waals surface area contributed by atoms with Crippen LogP contribution in [0, 0.1) is 6.92 Å². The van der Waals surface area contributed by atoms with Crippen LogP contribution in [0.15, 0.2) is 21.2 Å². The highest BCUT2D eigenvalue weighted by molar-refractivity contribution is 7.08. The van der Waals surface area contributed by atoms with Gasteiger partial charge in [0.2, 0.25) is 11.8 Å². The average Bonchev–Trinajstić information content (AvgIpc) is 3.07. The van der Waals surface area contributed by atoms with E-state index in [0.29, 0.717) is 23.8 Å². The summed E-state index contributed by atoms with van der Waals surface area (Å²) >= 11 is 1.55. The van der Waals surface area contributed by atoms with Crippen LogP contribution in [-0.2, 0) is 16.0 Å². The van der Waals surface area contributed by atoms with E-state index in [2.05, 4.69) is 10.3 Å². The van der Waals surface area contributed by atoms with Crippen molar-refractivity contribution in [3.63, 3.8) is 0 Å². The maximum absolute atomic E-state index is 12.0. The first-order chi connectivity index (χ1) is 10.5. The van der Waals surface area contributed by atoms with Gasteiger partial charge < -0.3 is 14.8 Å². The molecule has 0 aliphatic carbocycles. The summed E-state index contributed by atoms with van der Waals surface area (Å²) in [4.78, 5) is 26.8. The summed E-state index contributed by atoms with van der Waals surface area (Å²) in [6.45, 7) is 3.56. The molecule has 1 atom stereocenters. The van der Waals surface area contributed by atoms with Crippen molar-refractivity contribution in [3.05, 3.63) is 28.3 Å². The number of hydrogen-bond donors (Lipinski definition) is 2. The number of nitrogens with zero attached hydrogens (tertiary/aromatic N) is 1. The van der Waals surface area contributed by atoms with Gasteiger partial charge in [-0.3, -0.25) is 9.59 Å². The number of aromatic nitrogens is 1. The molecular formula is C15H18N2O4S. The fraction of sp³-hybridized carbons (Fsp3) is 0.400. The molecule has 1 unspecified atom stereocenters. The van der Waals surface area contributed by atoms with Gasteiger partial charge in [-0.05, 0) is 31.7 Å². The lowest BCUT2D eigenvalue weighted by Gasteiger charge is -2.12. The van der Waals surface area contributed by atoms with E-state index in [-0.39, 0.29) is 24.8 Å². The second-order valence-electron chi connectivity index (χ2n) is 5.11. The van der Waals surface area contributed by atoms with E-state index in [1.54, 1.807) is 25.2 Å². The van der Waals surface area contributed by atoms with Gasteiger partial charge in [-0.2, -0.15) is 11.3 Å². The number of carboxylic acids is 1. The first-order valence-electron chi connectivity index (χ1n) is 6.95. The van der Waals surface area contributed by atoms with Crippen LogP contribution in [0.4, 0.5) is 0 Å². The van der Waals surface area contributed by atoms with Crippen LogP contribution >= 0.6 is 11.3 Å². The SMILES string of the molecule is Cc1oc(-c2ccsc2)nc1CC(=O)NC(C)CCC(=O)O. The van der Waals surface area contributed by atoms with Crippen molar-refractivity contribution >= 4 is 23.2 Å². The van der Waals surface area contributed by atoms with Crippen LogP contribution in [-0.4, -0.2) is 28.0 Å². The highest BCUT2D eigenvalue weighted by atomic mass is 32.1. The minimum absolute atomic E-state index is 0.0345. The number of aryl methyl sites for hydroxylation is 1. The molecule has 0 aliphatic heterocycles. The van der Waals surface area contributed by atoms with Gasteiger partial charge in [0.05, 0.1) is 12.1 Å². The van der Waals surface area contributed by atoms with Crippen LogP contribution in [0.25, 0.3) is 11.5 Å². The Labute approximate surface area is 132 Å². The zero-order valence-electron chi connectivity index (χ0n) is 12.5. The first kappa shape index (κ1) is 16.2. The molecule has 1 amide bonds. The lowest BCUT2D eigenvalue weighted by Crippen LogP contribution is -2.34. The van der Waals surface area contributed by atoms with E-state index in [4.69, 9.17) is 9.52 Å². The predicted molar refractivity (Wildman–Crippen MR) is 82.7 cm³/mol. The van der Waals surface area contributed by atoms with Crippen molar-refractivity contribution in [2.24, 2.45) is 0 Å². The second-order valence-corrected chi connectivity index (χ2v) is 5.89. The Hall–Kier alpha value is -2.15. The van der Waals surface area contributed by atoms with Gasteiger partial charge in [-0.25, -0.2) is 4.98 Å². The number of amides is 1. The Balaban J connectivity index is 1.93. The smallest absolute Gasteiger partial charge is 0.303 e. The minimum atomic E-state index is -0.867. The Morgan fingerprint density at radius 2 is 2.27 bits per heavy atom. The summed E-state index contributed by atoms with van der Waals surface area (Å²) in [6, 6.07) is 1.72. The quantitative estimate of drug-likeness (QED) is 0.817. The Morgan fingerprint density at radius 1 is 1.50 bits per heavy atom. The third-order valence-electron chi connectivity index (χ3n) is 3.19. The number of aliphatic carboxylic acids is 1. The van der Waals surface area contributed by atoms with E-state index >= 15 is 0 Å². The second kappa shape index (κ2) is 7.22. The molecule has 0 aromatic carbocycles. The highest BCUT2D eigenvalue weighted by Gasteiger charge is 2.16. The number of oxazole rings is 1. The van der Waals surface area contributed by atoms with E-state index in [1.807, 2.05) is 16.8 Å². The molecule has 2 heterocycles. The van der Waals surface area contributed by atoms with Crippen molar-refractivity contribution in [1.82, 2.24) is 10.3 Å². The summed E-state index contributed by atoms with van der Waals surface area (Å²) in [5.74, 6) is 0.0787. The summed E-state index contributed by atoms with van der Waals surface area (Å²) < 4.78 is 5.58. The predicted octanol–water partition coefficient (Wildman–Crippen LogP) is 2.62. The van der Waals surface area contributed by atoms with Gasteiger partial charge >= 0.3 is 5.97 Å². The molecule has 0 radical (unpaired) electrons. The number of hydrogen-bond acceptors (Lipinski definition) is 5. The highest BCUT2D eigenvalue weighted by Crippen LogP contribution is 2.23. The van der Waals surface area contributed by atoms with Gasteiger partial charge in [0.25, 0.3) is 0 Å². The van der Waals surface area contributed by atoms with Crippen molar-refractivity contribution in [1.29, 1.82) is 0 Å². The van der Waals surface area contributed by atoms with Crippen LogP contribution in [0.1, 0.15) is 31.2 Å². The number of nitrogens with one attached hydrogen (secondary N) is 1. The third kappa shape index (κ3) is 4.42. The van der Waals surface area contributed by atoms with Crippen molar-refractivity contribution in [2.75, 3.05) is 0 Å². The summed E-state index contributed by atoms with van der Waals surface area (Å²) in [6.07, 6.45) is 0.558. The number of rotatable bonds is 7. The van der Waals surface area contributed by atoms with Crippen LogP contribution in [0.5, 0.6) is 0 Å². The average molecular weight is 322 g/mol. The molecule has 7 heteroatoms. The largest absolute Gasteiger partial charge is 0.481 e. The van der Waals surface area contributed by atoms with Gasteiger partial charge in [0.1, 0.15) is 5.76 Å². The molecule has 2 N–H and O–H groups in total. The fourth-order valence-corrected chi connectivity index (χ4v) is 2.62. The van der Waals surface area contributed by atoms with E-state index in [0.717, 1.165) is 5.56 Å². The van der Waals surface area contributed by atoms with Crippen LogP contribution in [0.3, 0.4) is 0 Å². The van der Waals surface area contributed by atoms with Crippen molar-refractivity contribution in [2.45, 2.75) is 39.2 Å². The summed E-state index contributed by atoms with van der Waals surface area (Å²) in [5.41, 5.74) is 1.50. The molecule has 0 bridgehead atoms. The monoisotopic (exact) mass is 322 g/mol. The molecule has 6 nitrogen and oxygen atoms in total. The zero-order valence-corrected chi connectivity index (χ0v) is 13.3. The molecular weight excluding hydrogens is 304 g/mol. The molecule has 0 fully saturated rings. The third-order valence-corrected chi connectivity index (χ3v) is 3.87. The Bertz CT molecular complexity index is 649. The van der Waals surface area contributed by atoms with E-state index in [1.165, 1.54) is 0 Å². The number of carbonyl (C=O) groups excluding carboxylic acids is 1. The van der Waals surface area contributed by atoms with E-state index in [9.17, 15) is 9.59 Å². The molecule has 0 saturated carbocycles. The molecule has 2 aromatic rings. The zero-order chi connectivity index (χ0) is 16.1. The number of carboxylic acid groups (broad SMARTS) is 1. The van der Waals surface area contributed by atoms with Crippen LogP contribution < -0.4 is 5.32 Å². The van der Waals surface area contributed by atoms with Crippen molar-refractivity contribution < 1.29 is 19.1 Å². The molecule has 118 valence electrons. The lowest BCUT2D eigenvalue weighted by atomic mass is 10.1. The van der Waals surface area contributed by atoms with E-state index < -0.39 is 5.97 Å². The van der Waals surface area contributed by atoms with Crippen LogP contribution in [0.2, 0.25) is 0 Å².